The maximum Gasteiger partial charge on any atom is 0.0487 e. The number of aryl methyl sites for hydroxylation is 1. The van der Waals surface area contributed by atoms with Crippen LogP contribution in [-0.4, -0.2) is 0 Å². The fourth-order valence-electron chi connectivity index (χ4n) is 1.36. The second-order valence-corrected chi connectivity index (χ2v) is 5.56. The highest BCUT2D eigenvalue weighted by Gasteiger charge is 2.09. The maximum atomic E-state index is 2.30. The van der Waals surface area contributed by atoms with Crippen molar-refractivity contribution in [2.75, 3.05) is 0 Å². The first-order valence-corrected chi connectivity index (χ1v) is 5.85. The molecule has 0 saturated carbocycles. The maximum absolute atomic E-state index is 2.30. The van der Waals surface area contributed by atoms with Gasteiger partial charge in [-0.15, -0.1) is 22.7 Å². The van der Waals surface area contributed by atoms with E-state index in [9.17, 15) is 0 Å². The molecule has 64 valence electrons. The fraction of sp³-hybridized carbons (Fsp3) is 0.400. The standard InChI is InChI=1S/C10H12S2/c1-6(2)8-5-11-9-4-7(3)12-10(8)9/h4-6H,1-3H3. The van der Waals surface area contributed by atoms with E-state index in [-0.39, 0.29) is 0 Å². The number of fused-ring (bicyclic) bond motifs is 1. The molecule has 0 amide bonds. The Morgan fingerprint density at radius 2 is 2.08 bits per heavy atom. The van der Waals surface area contributed by atoms with Crippen molar-refractivity contribution < 1.29 is 0 Å². The molecule has 0 aliphatic carbocycles. The van der Waals surface area contributed by atoms with Gasteiger partial charge in [-0.3, -0.25) is 0 Å². The summed E-state index contributed by atoms with van der Waals surface area (Å²) in [7, 11) is 0. The lowest BCUT2D eigenvalue weighted by molar-refractivity contribution is 0.882. The zero-order valence-corrected chi connectivity index (χ0v) is 9.18. The zero-order chi connectivity index (χ0) is 8.72. The lowest BCUT2D eigenvalue weighted by Crippen LogP contribution is -1.80. The van der Waals surface area contributed by atoms with E-state index in [2.05, 4.69) is 32.2 Å². The monoisotopic (exact) mass is 196 g/mol. The number of thiophene rings is 2. The van der Waals surface area contributed by atoms with Crippen molar-refractivity contribution in [3.8, 4) is 0 Å². The van der Waals surface area contributed by atoms with Crippen molar-refractivity contribution in [2.24, 2.45) is 0 Å². The molecule has 0 spiro atoms. The largest absolute Gasteiger partial charge is 0.143 e. The predicted octanol–water partition coefficient (Wildman–Crippen LogP) is 4.39. The van der Waals surface area contributed by atoms with Crippen LogP contribution in [0.15, 0.2) is 11.4 Å². The van der Waals surface area contributed by atoms with E-state index in [0.717, 1.165) is 0 Å². The van der Waals surface area contributed by atoms with Crippen LogP contribution < -0.4 is 0 Å². The van der Waals surface area contributed by atoms with E-state index in [1.807, 2.05) is 22.7 Å². The highest BCUT2D eigenvalue weighted by atomic mass is 32.1. The van der Waals surface area contributed by atoms with Gasteiger partial charge in [-0.05, 0) is 29.9 Å². The molecule has 2 aromatic rings. The van der Waals surface area contributed by atoms with Crippen LogP contribution in [0.2, 0.25) is 0 Å². The molecule has 0 unspecified atom stereocenters. The Labute approximate surface area is 80.9 Å². The Morgan fingerprint density at radius 3 is 2.75 bits per heavy atom. The van der Waals surface area contributed by atoms with E-state index in [4.69, 9.17) is 0 Å². The van der Waals surface area contributed by atoms with Crippen LogP contribution in [0, 0.1) is 6.92 Å². The molecule has 2 rings (SSSR count). The molecule has 0 fully saturated rings. The normalized spacial score (nSPS) is 11.7. The Balaban J connectivity index is 2.68. The van der Waals surface area contributed by atoms with Crippen LogP contribution in [0.1, 0.15) is 30.2 Å². The second-order valence-electron chi connectivity index (χ2n) is 3.40. The fourth-order valence-corrected chi connectivity index (χ4v) is 3.96. The summed E-state index contributed by atoms with van der Waals surface area (Å²) in [5.74, 6) is 0.664. The smallest absolute Gasteiger partial charge is 0.0487 e. The summed E-state index contributed by atoms with van der Waals surface area (Å²) in [5, 5.41) is 2.30. The van der Waals surface area contributed by atoms with Gasteiger partial charge < -0.3 is 0 Å². The van der Waals surface area contributed by atoms with Gasteiger partial charge in [0.05, 0.1) is 0 Å². The molecule has 0 saturated heterocycles. The van der Waals surface area contributed by atoms with Crippen molar-refractivity contribution >= 4 is 32.1 Å². The molecule has 2 heteroatoms. The Kier molecular flexibility index (Phi) is 1.97. The molecule has 0 aliphatic heterocycles. The Bertz CT molecular complexity index is 393. The summed E-state index contributed by atoms with van der Waals surface area (Å²) in [6.07, 6.45) is 0. The number of rotatable bonds is 1. The Morgan fingerprint density at radius 1 is 1.33 bits per heavy atom. The van der Waals surface area contributed by atoms with E-state index < -0.39 is 0 Å². The van der Waals surface area contributed by atoms with Crippen molar-refractivity contribution in [2.45, 2.75) is 26.7 Å². The summed E-state index contributed by atoms with van der Waals surface area (Å²) >= 11 is 3.80. The van der Waals surface area contributed by atoms with Gasteiger partial charge in [0, 0.05) is 14.3 Å². The molecule has 12 heavy (non-hydrogen) atoms. The highest BCUT2D eigenvalue weighted by molar-refractivity contribution is 7.27. The minimum absolute atomic E-state index is 0.664. The summed E-state index contributed by atoms with van der Waals surface area (Å²) < 4.78 is 2.97. The summed E-state index contributed by atoms with van der Waals surface area (Å²) in [4.78, 5) is 1.43. The van der Waals surface area contributed by atoms with Crippen molar-refractivity contribution in [3.05, 3.63) is 21.9 Å². The van der Waals surface area contributed by atoms with Crippen LogP contribution in [0.4, 0.5) is 0 Å². The molecule has 0 aliphatic rings. The number of hydrogen-bond acceptors (Lipinski definition) is 2. The predicted molar refractivity (Wildman–Crippen MR) is 58.5 cm³/mol. The molecule has 0 nitrogen and oxygen atoms in total. The van der Waals surface area contributed by atoms with Gasteiger partial charge in [0.1, 0.15) is 0 Å². The summed E-state index contributed by atoms with van der Waals surface area (Å²) in [6, 6.07) is 2.29. The quantitative estimate of drug-likeness (QED) is 0.634. The van der Waals surface area contributed by atoms with Crippen LogP contribution in [0.5, 0.6) is 0 Å². The molecule has 2 aromatic heterocycles. The van der Waals surface area contributed by atoms with E-state index >= 15 is 0 Å². The molecule has 0 aromatic carbocycles. The summed E-state index contributed by atoms with van der Waals surface area (Å²) in [5.41, 5.74) is 1.52. The molecule has 0 atom stereocenters. The minimum atomic E-state index is 0.664. The third-order valence-electron chi connectivity index (χ3n) is 2.02. The van der Waals surface area contributed by atoms with Gasteiger partial charge in [0.2, 0.25) is 0 Å². The lowest BCUT2D eigenvalue weighted by Gasteiger charge is -1.98. The minimum Gasteiger partial charge on any atom is -0.143 e. The first-order chi connectivity index (χ1) is 5.68. The van der Waals surface area contributed by atoms with Crippen molar-refractivity contribution in [1.82, 2.24) is 0 Å². The van der Waals surface area contributed by atoms with Gasteiger partial charge in [-0.2, -0.15) is 0 Å². The molecule has 0 bridgehead atoms. The van der Waals surface area contributed by atoms with Gasteiger partial charge in [0.25, 0.3) is 0 Å². The van der Waals surface area contributed by atoms with Crippen LogP contribution in [-0.2, 0) is 0 Å². The Hall–Kier alpha value is -0.340. The highest BCUT2D eigenvalue weighted by Crippen LogP contribution is 2.36. The SMILES string of the molecule is Cc1cc2scc(C(C)C)c2s1. The van der Waals surface area contributed by atoms with Crippen LogP contribution >= 0.6 is 22.7 Å². The lowest BCUT2D eigenvalue weighted by atomic mass is 10.1. The van der Waals surface area contributed by atoms with Gasteiger partial charge in [-0.25, -0.2) is 0 Å². The summed E-state index contributed by atoms with van der Waals surface area (Å²) in [6.45, 7) is 6.70. The van der Waals surface area contributed by atoms with Gasteiger partial charge >= 0.3 is 0 Å². The third-order valence-corrected chi connectivity index (χ3v) is 4.19. The average molecular weight is 196 g/mol. The van der Waals surface area contributed by atoms with Crippen molar-refractivity contribution in [3.63, 3.8) is 0 Å². The first-order valence-electron chi connectivity index (χ1n) is 4.16. The van der Waals surface area contributed by atoms with Crippen LogP contribution in [0.25, 0.3) is 9.40 Å². The average Bonchev–Trinajstić information content (AvgIpc) is 2.43. The van der Waals surface area contributed by atoms with E-state index in [1.54, 1.807) is 0 Å². The number of hydrogen-bond donors (Lipinski definition) is 0. The van der Waals surface area contributed by atoms with Gasteiger partial charge in [-0.1, -0.05) is 13.8 Å². The first kappa shape index (κ1) is 8.27. The molecule has 0 N–H and O–H groups in total. The second kappa shape index (κ2) is 2.86. The zero-order valence-electron chi connectivity index (χ0n) is 7.55. The molecule has 0 radical (unpaired) electrons. The van der Waals surface area contributed by atoms with Gasteiger partial charge in [0.15, 0.2) is 0 Å². The molecular weight excluding hydrogens is 184 g/mol. The van der Waals surface area contributed by atoms with Crippen molar-refractivity contribution in [1.29, 1.82) is 0 Å². The third kappa shape index (κ3) is 1.19. The molecule has 2 heterocycles. The van der Waals surface area contributed by atoms with Crippen LogP contribution in [0.3, 0.4) is 0 Å². The van der Waals surface area contributed by atoms with E-state index in [1.165, 1.54) is 19.8 Å². The molecular formula is C10H12S2. The van der Waals surface area contributed by atoms with E-state index in [0.29, 0.717) is 5.92 Å². The topological polar surface area (TPSA) is 0 Å².